The fourth-order valence-corrected chi connectivity index (χ4v) is 3.38. The van der Waals surface area contributed by atoms with E-state index in [-0.39, 0.29) is 16.8 Å². The van der Waals surface area contributed by atoms with Crippen molar-refractivity contribution in [2.24, 2.45) is 4.99 Å². The van der Waals surface area contributed by atoms with Crippen molar-refractivity contribution >= 4 is 45.1 Å². The number of aryl methyl sites for hydroxylation is 1. The van der Waals surface area contributed by atoms with E-state index in [9.17, 15) is 9.59 Å². The van der Waals surface area contributed by atoms with Gasteiger partial charge in [0.25, 0.3) is 0 Å². The number of esters is 1. The van der Waals surface area contributed by atoms with Crippen LogP contribution in [-0.2, 0) is 14.3 Å². The molecule has 4 nitrogen and oxygen atoms in total. The van der Waals surface area contributed by atoms with Crippen LogP contribution in [0.25, 0.3) is 6.08 Å². The molecule has 0 radical (unpaired) electrons. The second-order valence-electron chi connectivity index (χ2n) is 6.08. The van der Waals surface area contributed by atoms with E-state index in [1.54, 1.807) is 6.08 Å². The SMILES string of the molecule is Cc1ccc(C=C2N=C(SCC(=O)OC(C)(C)C)SC2=O)cc1. The lowest BCUT2D eigenvalue weighted by molar-refractivity contribution is -0.151. The summed E-state index contributed by atoms with van der Waals surface area (Å²) in [5, 5.41) is -0.0998. The molecule has 0 amide bonds. The minimum Gasteiger partial charge on any atom is -0.459 e. The summed E-state index contributed by atoms with van der Waals surface area (Å²) in [5.74, 6) is -0.164. The molecule has 0 fully saturated rings. The number of carbonyl (C=O) groups excluding carboxylic acids is 2. The van der Waals surface area contributed by atoms with E-state index in [1.165, 1.54) is 11.8 Å². The summed E-state index contributed by atoms with van der Waals surface area (Å²) in [7, 11) is 0. The zero-order valence-electron chi connectivity index (χ0n) is 13.6. The van der Waals surface area contributed by atoms with E-state index in [4.69, 9.17) is 4.74 Å². The zero-order valence-corrected chi connectivity index (χ0v) is 15.2. The van der Waals surface area contributed by atoms with Crippen LogP contribution in [0.4, 0.5) is 0 Å². The third-order valence-electron chi connectivity index (χ3n) is 2.72. The molecule has 23 heavy (non-hydrogen) atoms. The standard InChI is InChI=1S/C17H19NO3S2/c1-11-5-7-12(8-6-11)9-13-15(20)23-16(18-13)22-10-14(19)21-17(2,3)4/h5-9H,10H2,1-4H3. The molecule has 0 aliphatic carbocycles. The Hall–Kier alpha value is -1.53. The third-order valence-corrected chi connectivity index (χ3v) is 4.70. The number of thioether (sulfide) groups is 2. The molecule has 1 aliphatic heterocycles. The summed E-state index contributed by atoms with van der Waals surface area (Å²) >= 11 is 2.28. The van der Waals surface area contributed by atoms with E-state index in [1.807, 2.05) is 52.0 Å². The van der Waals surface area contributed by atoms with Gasteiger partial charge in [-0.2, -0.15) is 0 Å². The lowest BCUT2D eigenvalue weighted by Gasteiger charge is -2.19. The van der Waals surface area contributed by atoms with Gasteiger partial charge in [0, 0.05) is 0 Å². The average Bonchev–Trinajstić information content (AvgIpc) is 2.78. The minimum absolute atomic E-state index is 0.0998. The molecule has 2 rings (SSSR count). The molecule has 1 heterocycles. The van der Waals surface area contributed by atoms with E-state index in [0.29, 0.717) is 10.1 Å². The first kappa shape index (κ1) is 17.8. The number of rotatable bonds is 3. The van der Waals surface area contributed by atoms with Crippen molar-refractivity contribution in [1.29, 1.82) is 0 Å². The second kappa shape index (κ2) is 7.36. The molecule has 0 spiro atoms. The van der Waals surface area contributed by atoms with Crippen LogP contribution in [0.1, 0.15) is 31.9 Å². The Morgan fingerprint density at radius 1 is 1.30 bits per heavy atom. The van der Waals surface area contributed by atoms with Gasteiger partial charge in [0.1, 0.15) is 15.7 Å². The number of carbonyl (C=O) groups is 2. The van der Waals surface area contributed by atoms with Gasteiger partial charge in [0.2, 0.25) is 5.12 Å². The van der Waals surface area contributed by atoms with E-state index >= 15 is 0 Å². The largest absolute Gasteiger partial charge is 0.459 e. The molecule has 1 aliphatic rings. The normalized spacial score (nSPS) is 16.6. The Labute approximate surface area is 144 Å². The summed E-state index contributed by atoms with van der Waals surface area (Å²) in [4.78, 5) is 28.0. The molecule has 0 unspecified atom stereocenters. The van der Waals surface area contributed by atoms with Gasteiger partial charge in [-0.3, -0.25) is 9.59 Å². The van der Waals surface area contributed by atoms with Gasteiger partial charge in [0.15, 0.2) is 0 Å². The van der Waals surface area contributed by atoms with Crippen molar-refractivity contribution in [3.05, 3.63) is 41.1 Å². The van der Waals surface area contributed by atoms with Crippen LogP contribution >= 0.6 is 23.5 Å². The molecule has 0 saturated heterocycles. The molecule has 0 N–H and O–H groups in total. The van der Waals surface area contributed by atoms with Crippen LogP contribution < -0.4 is 0 Å². The molecule has 0 saturated carbocycles. The Kier molecular flexibility index (Phi) is 5.70. The summed E-state index contributed by atoms with van der Waals surface area (Å²) in [6.45, 7) is 7.48. The van der Waals surface area contributed by atoms with Gasteiger partial charge in [-0.15, -0.1) is 0 Å². The smallest absolute Gasteiger partial charge is 0.316 e. The highest BCUT2D eigenvalue weighted by Crippen LogP contribution is 2.31. The molecule has 0 bridgehead atoms. The monoisotopic (exact) mass is 349 g/mol. The van der Waals surface area contributed by atoms with Crippen molar-refractivity contribution in [2.75, 3.05) is 5.75 Å². The van der Waals surface area contributed by atoms with E-state index < -0.39 is 5.60 Å². The Morgan fingerprint density at radius 3 is 2.57 bits per heavy atom. The maximum absolute atomic E-state index is 12.0. The first-order chi connectivity index (χ1) is 10.7. The van der Waals surface area contributed by atoms with Crippen LogP contribution in [0.15, 0.2) is 35.0 Å². The first-order valence-electron chi connectivity index (χ1n) is 7.17. The molecular formula is C17H19NO3S2. The van der Waals surface area contributed by atoms with Crippen molar-refractivity contribution in [1.82, 2.24) is 0 Å². The summed E-state index contributed by atoms with van der Waals surface area (Å²) < 4.78 is 5.82. The van der Waals surface area contributed by atoms with Gasteiger partial charge in [-0.05, 0) is 51.1 Å². The number of ether oxygens (including phenoxy) is 1. The maximum atomic E-state index is 12.0. The number of hydrogen-bond acceptors (Lipinski definition) is 6. The highest BCUT2D eigenvalue weighted by molar-refractivity contribution is 8.45. The van der Waals surface area contributed by atoms with Crippen LogP contribution in [0.5, 0.6) is 0 Å². The van der Waals surface area contributed by atoms with Crippen molar-refractivity contribution in [3.63, 3.8) is 0 Å². The Balaban J connectivity index is 1.98. The quantitative estimate of drug-likeness (QED) is 0.609. The van der Waals surface area contributed by atoms with Crippen molar-refractivity contribution in [2.45, 2.75) is 33.3 Å². The molecule has 122 valence electrons. The van der Waals surface area contributed by atoms with Crippen LogP contribution in [0.3, 0.4) is 0 Å². The van der Waals surface area contributed by atoms with Crippen LogP contribution in [0.2, 0.25) is 0 Å². The molecule has 0 atom stereocenters. The highest BCUT2D eigenvalue weighted by Gasteiger charge is 2.24. The fraction of sp³-hybridized carbons (Fsp3) is 0.353. The molecule has 1 aromatic rings. The summed E-state index contributed by atoms with van der Waals surface area (Å²) in [6, 6.07) is 7.87. The zero-order chi connectivity index (χ0) is 17.0. The first-order valence-corrected chi connectivity index (χ1v) is 8.97. The van der Waals surface area contributed by atoms with Gasteiger partial charge in [-0.1, -0.05) is 41.6 Å². The van der Waals surface area contributed by atoms with Crippen LogP contribution in [-0.4, -0.2) is 26.8 Å². The van der Waals surface area contributed by atoms with E-state index in [0.717, 1.165) is 22.9 Å². The van der Waals surface area contributed by atoms with E-state index in [2.05, 4.69) is 4.99 Å². The lowest BCUT2D eigenvalue weighted by Crippen LogP contribution is -2.25. The fourth-order valence-electron chi connectivity index (χ4n) is 1.76. The van der Waals surface area contributed by atoms with Gasteiger partial charge >= 0.3 is 5.97 Å². The van der Waals surface area contributed by atoms with Crippen molar-refractivity contribution in [3.8, 4) is 0 Å². The summed E-state index contributed by atoms with van der Waals surface area (Å²) in [5.41, 5.74) is 2.00. The van der Waals surface area contributed by atoms with Gasteiger partial charge in [-0.25, -0.2) is 4.99 Å². The van der Waals surface area contributed by atoms with Gasteiger partial charge in [0.05, 0.1) is 5.75 Å². The maximum Gasteiger partial charge on any atom is 0.316 e. The minimum atomic E-state index is -0.505. The predicted octanol–water partition coefficient (Wildman–Crippen LogP) is 4.04. The second-order valence-corrected chi connectivity index (χ2v) is 8.27. The highest BCUT2D eigenvalue weighted by atomic mass is 32.2. The van der Waals surface area contributed by atoms with Gasteiger partial charge < -0.3 is 4.74 Å². The summed E-state index contributed by atoms with van der Waals surface area (Å²) in [6.07, 6.45) is 1.76. The molecule has 6 heteroatoms. The average molecular weight is 349 g/mol. The lowest BCUT2D eigenvalue weighted by atomic mass is 10.1. The number of nitrogens with zero attached hydrogens (tertiary/aromatic N) is 1. The molecular weight excluding hydrogens is 330 g/mol. The molecule has 0 aromatic heterocycles. The Morgan fingerprint density at radius 2 is 1.96 bits per heavy atom. The third kappa shape index (κ3) is 5.88. The van der Waals surface area contributed by atoms with Crippen molar-refractivity contribution < 1.29 is 14.3 Å². The number of hydrogen-bond donors (Lipinski definition) is 0. The topological polar surface area (TPSA) is 55.7 Å². The predicted molar refractivity (Wildman–Crippen MR) is 97.5 cm³/mol. The number of benzene rings is 1. The number of aliphatic imine (C=N–C) groups is 1. The Bertz CT molecular complexity index is 670. The van der Waals surface area contributed by atoms with Crippen LogP contribution in [0, 0.1) is 6.92 Å². The molecule has 1 aromatic carbocycles.